The van der Waals surface area contributed by atoms with Crippen molar-refractivity contribution in [2.24, 2.45) is 0 Å². The standard InChI is InChI=1S/C11H16N2O4/c1-3-16-5-8(2)17-6-10-9(11(14)15)4-12-7-13-10/h4,7-8H,3,5-6H2,1-2H3,(H,14,15). The summed E-state index contributed by atoms with van der Waals surface area (Å²) >= 11 is 0. The van der Waals surface area contributed by atoms with Crippen LogP contribution in [0, 0.1) is 0 Å². The molecule has 1 rings (SSSR count). The van der Waals surface area contributed by atoms with E-state index in [4.69, 9.17) is 14.6 Å². The Morgan fingerprint density at radius 3 is 3.00 bits per heavy atom. The maximum Gasteiger partial charge on any atom is 0.339 e. The molecule has 0 radical (unpaired) electrons. The lowest BCUT2D eigenvalue weighted by atomic mass is 10.2. The number of rotatable bonds is 7. The van der Waals surface area contributed by atoms with E-state index >= 15 is 0 Å². The van der Waals surface area contributed by atoms with Crippen molar-refractivity contribution in [1.82, 2.24) is 9.97 Å². The summed E-state index contributed by atoms with van der Waals surface area (Å²) in [4.78, 5) is 18.4. The van der Waals surface area contributed by atoms with Crippen molar-refractivity contribution < 1.29 is 19.4 Å². The van der Waals surface area contributed by atoms with Gasteiger partial charge in [0.2, 0.25) is 0 Å². The van der Waals surface area contributed by atoms with E-state index < -0.39 is 5.97 Å². The van der Waals surface area contributed by atoms with Gasteiger partial charge in [-0.05, 0) is 13.8 Å². The van der Waals surface area contributed by atoms with Gasteiger partial charge in [0.25, 0.3) is 0 Å². The minimum atomic E-state index is -1.05. The molecule has 0 saturated carbocycles. The Bertz CT molecular complexity index is 370. The van der Waals surface area contributed by atoms with E-state index in [9.17, 15) is 4.79 Å². The molecular formula is C11H16N2O4. The molecule has 6 heteroatoms. The lowest BCUT2D eigenvalue weighted by Gasteiger charge is -2.13. The normalized spacial score (nSPS) is 12.4. The largest absolute Gasteiger partial charge is 0.478 e. The SMILES string of the molecule is CCOCC(C)OCc1ncncc1C(=O)O. The molecule has 0 aliphatic rings. The summed E-state index contributed by atoms with van der Waals surface area (Å²) in [5.41, 5.74) is 0.437. The van der Waals surface area contributed by atoms with Crippen LogP contribution in [-0.4, -0.2) is 40.4 Å². The number of carboxylic acids is 1. The number of hydrogen-bond acceptors (Lipinski definition) is 5. The van der Waals surface area contributed by atoms with Crippen molar-refractivity contribution in [2.45, 2.75) is 26.6 Å². The monoisotopic (exact) mass is 240 g/mol. The van der Waals surface area contributed by atoms with Crippen molar-refractivity contribution in [3.8, 4) is 0 Å². The highest BCUT2D eigenvalue weighted by Crippen LogP contribution is 2.07. The van der Waals surface area contributed by atoms with Crippen LogP contribution in [0.4, 0.5) is 0 Å². The molecule has 0 fully saturated rings. The van der Waals surface area contributed by atoms with Gasteiger partial charge < -0.3 is 14.6 Å². The first-order valence-electron chi connectivity index (χ1n) is 5.36. The maximum atomic E-state index is 10.9. The average Bonchev–Trinajstić information content (AvgIpc) is 2.34. The number of carbonyl (C=O) groups is 1. The molecule has 1 aromatic heterocycles. The van der Waals surface area contributed by atoms with Crippen LogP contribution in [0.2, 0.25) is 0 Å². The molecule has 1 atom stereocenters. The van der Waals surface area contributed by atoms with Crippen LogP contribution in [0.1, 0.15) is 29.9 Å². The summed E-state index contributed by atoms with van der Waals surface area (Å²) in [5, 5.41) is 8.91. The summed E-state index contributed by atoms with van der Waals surface area (Å²) < 4.78 is 10.6. The summed E-state index contributed by atoms with van der Waals surface area (Å²) in [7, 11) is 0. The van der Waals surface area contributed by atoms with Crippen LogP contribution in [-0.2, 0) is 16.1 Å². The third kappa shape index (κ3) is 4.46. The zero-order chi connectivity index (χ0) is 12.7. The minimum absolute atomic E-state index is 0.0658. The van der Waals surface area contributed by atoms with Gasteiger partial charge in [0.15, 0.2) is 0 Å². The molecule has 0 aliphatic carbocycles. The van der Waals surface area contributed by atoms with Gasteiger partial charge in [-0.1, -0.05) is 0 Å². The molecule has 6 nitrogen and oxygen atoms in total. The number of aromatic carboxylic acids is 1. The van der Waals surface area contributed by atoms with Gasteiger partial charge >= 0.3 is 5.97 Å². The highest BCUT2D eigenvalue weighted by Gasteiger charge is 2.12. The van der Waals surface area contributed by atoms with Crippen LogP contribution < -0.4 is 0 Å². The topological polar surface area (TPSA) is 81.5 Å². The van der Waals surface area contributed by atoms with E-state index in [2.05, 4.69) is 9.97 Å². The van der Waals surface area contributed by atoms with Crippen LogP contribution in [0.5, 0.6) is 0 Å². The lowest BCUT2D eigenvalue weighted by molar-refractivity contribution is -0.0131. The number of ether oxygens (including phenoxy) is 2. The summed E-state index contributed by atoms with van der Waals surface area (Å²) in [5.74, 6) is -1.05. The van der Waals surface area contributed by atoms with Gasteiger partial charge in [-0.25, -0.2) is 14.8 Å². The molecule has 0 saturated heterocycles. The molecular weight excluding hydrogens is 224 g/mol. The predicted molar refractivity (Wildman–Crippen MR) is 59.7 cm³/mol. The van der Waals surface area contributed by atoms with Crippen LogP contribution >= 0.6 is 0 Å². The molecule has 1 aromatic rings. The summed E-state index contributed by atoms with van der Waals surface area (Å²) in [6.45, 7) is 5.00. The van der Waals surface area contributed by atoms with Gasteiger partial charge in [-0.2, -0.15) is 0 Å². The number of nitrogens with zero attached hydrogens (tertiary/aromatic N) is 2. The molecule has 0 spiro atoms. The van der Waals surface area contributed by atoms with Crippen molar-refractivity contribution in [3.63, 3.8) is 0 Å². The van der Waals surface area contributed by atoms with E-state index in [-0.39, 0.29) is 18.3 Å². The lowest BCUT2D eigenvalue weighted by Crippen LogP contribution is -2.17. The van der Waals surface area contributed by atoms with E-state index in [1.165, 1.54) is 12.5 Å². The minimum Gasteiger partial charge on any atom is -0.478 e. The first-order valence-corrected chi connectivity index (χ1v) is 5.36. The third-order valence-corrected chi connectivity index (χ3v) is 2.09. The number of carboxylic acid groups (broad SMARTS) is 1. The second-order valence-electron chi connectivity index (χ2n) is 3.47. The Morgan fingerprint density at radius 1 is 1.59 bits per heavy atom. The van der Waals surface area contributed by atoms with E-state index in [0.717, 1.165) is 0 Å². The summed E-state index contributed by atoms with van der Waals surface area (Å²) in [6, 6.07) is 0. The second-order valence-corrected chi connectivity index (χ2v) is 3.47. The van der Waals surface area contributed by atoms with E-state index in [1.54, 1.807) is 0 Å². The van der Waals surface area contributed by atoms with Crippen LogP contribution in [0.3, 0.4) is 0 Å². The fraction of sp³-hybridized carbons (Fsp3) is 0.545. The highest BCUT2D eigenvalue weighted by atomic mass is 16.5. The van der Waals surface area contributed by atoms with Crippen molar-refractivity contribution in [2.75, 3.05) is 13.2 Å². The fourth-order valence-corrected chi connectivity index (χ4v) is 1.20. The molecule has 0 aliphatic heterocycles. The predicted octanol–water partition coefficient (Wildman–Crippen LogP) is 1.12. The van der Waals surface area contributed by atoms with Gasteiger partial charge in [0.05, 0.1) is 25.0 Å². The number of aromatic nitrogens is 2. The molecule has 17 heavy (non-hydrogen) atoms. The van der Waals surface area contributed by atoms with Gasteiger partial charge in [0, 0.05) is 12.8 Å². The maximum absolute atomic E-state index is 10.9. The molecule has 0 amide bonds. The Hall–Kier alpha value is -1.53. The van der Waals surface area contributed by atoms with Crippen molar-refractivity contribution in [3.05, 3.63) is 23.8 Å². The zero-order valence-corrected chi connectivity index (χ0v) is 9.92. The van der Waals surface area contributed by atoms with E-state index in [0.29, 0.717) is 18.9 Å². The van der Waals surface area contributed by atoms with E-state index in [1.807, 2.05) is 13.8 Å². The molecule has 1 N–H and O–H groups in total. The van der Waals surface area contributed by atoms with Crippen LogP contribution in [0.25, 0.3) is 0 Å². The third-order valence-electron chi connectivity index (χ3n) is 2.09. The fourth-order valence-electron chi connectivity index (χ4n) is 1.20. The Morgan fingerprint density at radius 2 is 2.35 bits per heavy atom. The number of hydrogen-bond donors (Lipinski definition) is 1. The molecule has 94 valence electrons. The highest BCUT2D eigenvalue weighted by molar-refractivity contribution is 5.88. The Labute approximate surface area is 99.6 Å². The van der Waals surface area contributed by atoms with Crippen LogP contribution in [0.15, 0.2) is 12.5 Å². The quantitative estimate of drug-likeness (QED) is 0.769. The zero-order valence-electron chi connectivity index (χ0n) is 9.92. The summed E-state index contributed by atoms with van der Waals surface area (Å²) in [6.07, 6.45) is 2.46. The van der Waals surface area contributed by atoms with Gasteiger partial charge in [-0.3, -0.25) is 0 Å². The first kappa shape index (κ1) is 13.5. The van der Waals surface area contributed by atoms with Gasteiger partial charge in [0.1, 0.15) is 11.9 Å². The van der Waals surface area contributed by atoms with Gasteiger partial charge in [-0.15, -0.1) is 0 Å². The van der Waals surface area contributed by atoms with Crippen molar-refractivity contribution in [1.29, 1.82) is 0 Å². The molecule has 0 aromatic carbocycles. The smallest absolute Gasteiger partial charge is 0.339 e. The Kier molecular flexibility index (Phi) is 5.51. The molecule has 0 bridgehead atoms. The Balaban J connectivity index is 2.54. The average molecular weight is 240 g/mol. The molecule has 1 heterocycles. The molecule has 1 unspecified atom stereocenters. The second kappa shape index (κ2) is 6.93. The van der Waals surface area contributed by atoms with Crippen molar-refractivity contribution >= 4 is 5.97 Å². The first-order chi connectivity index (χ1) is 8.15.